The van der Waals surface area contributed by atoms with E-state index < -0.39 is 0 Å². The smallest absolute Gasteiger partial charge is 0.219 e. The molecule has 0 atom stereocenters. The molecular formula is C10H16N2OS. The number of carbonyl (C=O) groups is 1. The molecule has 0 aliphatic heterocycles. The molecule has 3 nitrogen and oxygen atoms in total. The number of rotatable bonds is 6. The largest absolute Gasteiger partial charge is 0.359 e. The zero-order valence-electron chi connectivity index (χ0n) is 8.38. The first-order valence-electron chi connectivity index (χ1n) is 4.76. The lowest BCUT2D eigenvalue weighted by Gasteiger charge is -2.02. The summed E-state index contributed by atoms with van der Waals surface area (Å²) in [5.41, 5.74) is 0. The maximum atomic E-state index is 10.9. The van der Waals surface area contributed by atoms with E-state index in [9.17, 15) is 4.79 Å². The van der Waals surface area contributed by atoms with Crippen LogP contribution in [0.2, 0.25) is 0 Å². The maximum absolute atomic E-state index is 10.9. The topological polar surface area (TPSA) is 41.1 Å². The standard InChI is InChI=1S/C10H16N2OS/c1-11-10(13)5-2-6-12-8-9-4-3-7-14-9/h3-4,7,12H,2,5-6,8H2,1H3,(H,11,13). The van der Waals surface area contributed by atoms with Crippen LogP contribution in [0.1, 0.15) is 17.7 Å². The lowest BCUT2D eigenvalue weighted by Crippen LogP contribution is -2.20. The fourth-order valence-corrected chi connectivity index (χ4v) is 1.80. The minimum Gasteiger partial charge on any atom is -0.359 e. The molecule has 0 bridgehead atoms. The van der Waals surface area contributed by atoms with E-state index in [1.165, 1.54) is 4.88 Å². The van der Waals surface area contributed by atoms with Crippen LogP contribution < -0.4 is 10.6 Å². The van der Waals surface area contributed by atoms with Crippen molar-refractivity contribution in [2.45, 2.75) is 19.4 Å². The van der Waals surface area contributed by atoms with E-state index in [1.54, 1.807) is 18.4 Å². The number of thiophene rings is 1. The van der Waals surface area contributed by atoms with Gasteiger partial charge in [-0.05, 0) is 24.4 Å². The Morgan fingerprint density at radius 1 is 1.57 bits per heavy atom. The van der Waals surface area contributed by atoms with E-state index >= 15 is 0 Å². The van der Waals surface area contributed by atoms with Crippen molar-refractivity contribution in [1.29, 1.82) is 0 Å². The molecule has 0 saturated carbocycles. The summed E-state index contributed by atoms with van der Waals surface area (Å²) in [5.74, 6) is 0.114. The monoisotopic (exact) mass is 212 g/mol. The molecule has 0 saturated heterocycles. The SMILES string of the molecule is CNC(=O)CCCNCc1cccs1. The van der Waals surface area contributed by atoms with Crippen molar-refractivity contribution in [2.24, 2.45) is 0 Å². The fourth-order valence-electron chi connectivity index (χ4n) is 1.12. The third kappa shape index (κ3) is 4.39. The van der Waals surface area contributed by atoms with E-state index in [-0.39, 0.29) is 5.91 Å². The zero-order chi connectivity index (χ0) is 10.2. The second kappa shape index (κ2) is 6.56. The number of nitrogens with one attached hydrogen (secondary N) is 2. The summed E-state index contributed by atoms with van der Waals surface area (Å²) in [6.07, 6.45) is 1.50. The summed E-state index contributed by atoms with van der Waals surface area (Å²) in [4.78, 5) is 12.2. The molecule has 0 spiro atoms. The molecule has 4 heteroatoms. The van der Waals surface area contributed by atoms with Crippen LogP contribution in [-0.4, -0.2) is 19.5 Å². The molecule has 0 aliphatic rings. The Hall–Kier alpha value is -0.870. The van der Waals surface area contributed by atoms with Crippen molar-refractivity contribution in [3.8, 4) is 0 Å². The minimum atomic E-state index is 0.114. The highest BCUT2D eigenvalue weighted by molar-refractivity contribution is 7.09. The third-order valence-corrected chi connectivity index (χ3v) is 2.79. The zero-order valence-corrected chi connectivity index (χ0v) is 9.19. The summed E-state index contributed by atoms with van der Waals surface area (Å²) in [6, 6.07) is 4.16. The highest BCUT2D eigenvalue weighted by Crippen LogP contribution is 2.07. The van der Waals surface area contributed by atoms with Crippen LogP contribution in [0.25, 0.3) is 0 Å². The minimum absolute atomic E-state index is 0.114. The van der Waals surface area contributed by atoms with Crippen molar-refractivity contribution < 1.29 is 4.79 Å². The van der Waals surface area contributed by atoms with E-state index in [1.807, 2.05) is 6.07 Å². The van der Waals surface area contributed by atoms with Gasteiger partial charge in [-0.25, -0.2) is 0 Å². The van der Waals surface area contributed by atoms with Gasteiger partial charge in [-0.15, -0.1) is 11.3 Å². The molecule has 2 N–H and O–H groups in total. The van der Waals surface area contributed by atoms with Gasteiger partial charge >= 0.3 is 0 Å². The molecule has 1 amide bonds. The summed E-state index contributed by atoms with van der Waals surface area (Å²) >= 11 is 1.75. The molecule has 0 fully saturated rings. The highest BCUT2D eigenvalue weighted by atomic mass is 32.1. The Kier molecular flexibility index (Phi) is 5.25. The van der Waals surface area contributed by atoms with E-state index in [0.29, 0.717) is 6.42 Å². The third-order valence-electron chi connectivity index (χ3n) is 1.92. The Labute approximate surface area is 88.5 Å². The molecule has 0 radical (unpaired) electrons. The van der Waals surface area contributed by atoms with Crippen molar-refractivity contribution in [2.75, 3.05) is 13.6 Å². The predicted octanol–water partition coefficient (Wildman–Crippen LogP) is 1.36. The first-order chi connectivity index (χ1) is 6.83. The van der Waals surface area contributed by atoms with Gasteiger partial charge in [0.1, 0.15) is 0 Å². The predicted molar refractivity (Wildman–Crippen MR) is 59.3 cm³/mol. The molecule has 78 valence electrons. The van der Waals surface area contributed by atoms with E-state index in [2.05, 4.69) is 22.1 Å². The van der Waals surface area contributed by atoms with Gasteiger partial charge in [0.25, 0.3) is 0 Å². The molecule has 1 heterocycles. The van der Waals surface area contributed by atoms with Gasteiger partial charge < -0.3 is 10.6 Å². The number of hydrogen-bond donors (Lipinski definition) is 2. The first-order valence-corrected chi connectivity index (χ1v) is 5.64. The van der Waals surface area contributed by atoms with Gasteiger partial charge in [0.05, 0.1) is 0 Å². The summed E-state index contributed by atoms with van der Waals surface area (Å²) in [7, 11) is 1.67. The Morgan fingerprint density at radius 2 is 2.43 bits per heavy atom. The number of carbonyl (C=O) groups excluding carboxylic acids is 1. The van der Waals surface area contributed by atoms with Gasteiger partial charge in [-0.3, -0.25) is 4.79 Å². The molecule has 0 unspecified atom stereocenters. The van der Waals surface area contributed by atoms with Crippen LogP contribution in [0.5, 0.6) is 0 Å². The molecular weight excluding hydrogens is 196 g/mol. The fraction of sp³-hybridized carbons (Fsp3) is 0.500. The molecule has 1 rings (SSSR count). The highest BCUT2D eigenvalue weighted by Gasteiger charge is 1.97. The number of hydrogen-bond acceptors (Lipinski definition) is 3. The van der Waals surface area contributed by atoms with Gasteiger partial charge in [0.15, 0.2) is 0 Å². The van der Waals surface area contributed by atoms with Gasteiger partial charge in [0, 0.05) is 24.9 Å². The maximum Gasteiger partial charge on any atom is 0.219 e. The van der Waals surface area contributed by atoms with Crippen molar-refractivity contribution in [3.05, 3.63) is 22.4 Å². The summed E-state index contributed by atoms with van der Waals surface area (Å²) < 4.78 is 0. The average Bonchev–Trinajstić information content (AvgIpc) is 2.69. The second-order valence-corrected chi connectivity index (χ2v) is 4.07. The molecule has 0 aromatic carbocycles. The lowest BCUT2D eigenvalue weighted by atomic mass is 10.3. The van der Waals surface area contributed by atoms with Gasteiger partial charge in [0.2, 0.25) is 5.91 Å². The van der Waals surface area contributed by atoms with Gasteiger partial charge in [-0.2, -0.15) is 0 Å². The summed E-state index contributed by atoms with van der Waals surface area (Å²) in [5, 5.41) is 7.97. The van der Waals surface area contributed by atoms with E-state index in [4.69, 9.17) is 0 Å². The molecule has 0 aliphatic carbocycles. The Morgan fingerprint density at radius 3 is 3.07 bits per heavy atom. The lowest BCUT2D eigenvalue weighted by molar-refractivity contribution is -0.120. The molecule has 1 aromatic heterocycles. The summed E-state index contributed by atoms with van der Waals surface area (Å²) in [6.45, 7) is 1.80. The van der Waals surface area contributed by atoms with Crippen molar-refractivity contribution in [3.63, 3.8) is 0 Å². The second-order valence-electron chi connectivity index (χ2n) is 3.03. The quantitative estimate of drug-likeness (QED) is 0.699. The number of amides is 1. The van der Waals surface area contributed by atoms with Crippen LogP contribution in [-0.2, 0) is 11.3 Å². The first kappa shape index (κ1) is 11.2. The van der Waals surface area contributed by atoms with Crippen LogP contribution in [0.4, 0.5) is 0 Å². The molecule has 14 heavy (non-hydrogen) atoms. The van der Waals surface area contributed by atoms with E-state index in [0.717, 1.165) is 19.5 Å². The Balaban J connectivity index is 1.97. The van der Waals surface area contributed by atoms with Crippen molar-refractivity contribution in [1.82, 2.24) is 10.6 Å². The van der Waals surface area contributed by atoms with Crippen LogP contribution in [0.15, 0.2) is 17.5 Å². The van der Waals surface area contributed by atoms with Crippen molar-refractivity contribution >= 4 is 17.2 Å². The van der Waals surface area contributed by atoms with Gasteiger partial charge in [-0.1, -0.05) is 6.07 Å². The van der Waals surface area contributed by atoms with Crippen LogP contribution in [0.3, 0.4) is 0 Å². The average molecular weight is 212 g/mol. The normalized spacial score (nSPS) is 10.1. The van der Waals surface area contributed by atoms with Crippen LogP contribution in [0, 0.1) is 0 Å². The Bertz CT molecular complexity index is 259. The molecule has 1 aromatic rings. The van der Waals surface area contributed by atoms with Crippen LogP contribution >= 0.6 is 11.3 Å².